The summed E-state index contributed by atoms with van der Waals surface area (Å²) in [5.41, 5.74) is 9.84. The topological polar surface area (TPSA) is 67.9 Å². The summed E-state index contributed by atoms with van der Waals surface area (Å²) in [6.45, 7) is 0.859. The Labute approximate surface area is 127 Å². The van der Waals surface area contributed by atoms with E-state index in [1.807, 2.05) is 18.2 Å². The molecule has 0 unspecified atom stereocenters. The smallest absolute Gasteiger partial charge is 0.144 e. The van der Waals surface area contributed by atoms with Gasteiger partial charge in [0.05, 0.1) is 11.7 Å². The van der Waals surface area contributed by atoms with Crippen LogP contribution in [-0.2, 0) is 6.42 Å². The van der Waals surface area contributed by atoms with Crippen molar-refractivity contribution in [2.75, 3.05) is 17.2 Å². The van der Waals surface area contributed by atoms with Gasteiger partial charge in [-0.2, -0.15) is 0 Å². The van der Waals surface area contributed by atoms with E-state index < -0.39 is 0 Å². The molecule has 0 atom stereocenters. The Morgan fingerprint density at radius 3 is 2.95 bits per heavy atom. The molecule has 0 spiro atoms. The number of pyridine rings is 1. The van der Waals surface area contributed by atoms with Crippen LogP contribution in [0.4, 0.5) is 17.3 Å². The molecule has 0 saturated heterocycles. The highest BCUT2D eigenvalue weighted by molar-refractivity contribution is 5.93. The SMILES string of the molecule is C#Cc1ccc2c(c1)N(c1ncnc3cnc(N)cc13)CC2. The van der Waals surface area contributed by atoms with Gasteiger partial charge in [0, 0.05) is 23.2 Å². The second-order valence-electron chi connectivity index (χ2n) is 5.21. The summed E-state index contributed by atoms with van der Waals surface area (Å²) in [5, 5.41) is 0.897. The zero-order chi connectivity index (χ0) is 15.1. The molecule has 0 amide bonds. The van der Waals surface area contributed by atoms with Crippen molar-refractivity contribution in [1.82, 2.24) is 15.0 Å². The van der Waals surface area contributed by atoms with Crippen LogP contribution in [0.15, 0.2) is 36.8 Å². The first kappa shape index (κ1) is 12.6. The quantitative estimate of drug-likeness (QED) is 0.695. The van der Waals surface area contributed by atoms with E-state index in [0.29, 0.717) is 5.82 Å². The Hall–Kier alpha value is -3.13. The maximum atomic E-state index is 5.82. The number of terminal acetylenes is 1. The minimum atomic E-state index is 0.459. The third-order valence-electron chi connectivity index (χ3n) is 3.93. The molecule has 0 saturated carbocycles. The summed E-state index contributed by atoms with van der Waals surface area (Å²) in [7, 11) is 0. The van der Waals surface area contributed by atoms with E-state index in [-0.39, 0.29) is 0 Å². The van der Waals surface area contributed by atoms with Crippen LogP contribution in [0.5, 0.6) is 0 Å². The van der Waals surface area contributed by atoms with Crippen molar-refractivity contribution >= 4 is 28.2 Å². The number of aromatic nitrogens is 3. The zero-order valence-corrected chi connectivity index (χ0v) is 11.8. The van der Waals surface area contributed by atoms with E-state index in [1.54, 1.807) is 12.5 Å². The minimum Gasteiger partial charge on any atom is -0.384 e. The first-order chi connectivity index (χ1) is 10.8. The summed E-state index contributed by atoms with van der Waals surface area (Å²) in [6.07, 6.45) is 9.71. The molecule has 1 aromatic carbocycles. The van der Waals surface area contributed by atoms with Gasteiger partial charge in [-0.25, -0.2) is 15.0 Å². The number of nitrogens with zero attached hydrogens (tertiary/aromatic N) is 4. The van der Waals surface area contributed by atoms with Gasteiger partial charge in [0.15, 0.2) is 0 Å². The van der Waals surface area contributed by atoms with Crippen LogP contribution < -0.4 is 10.6 Å². The number of nitrogen functional groups attached to an aromatic ring is 1. The number of rotatable bonds is 1. The van der Waals surface area contributed by atoms with Crippen LogP contribution in [0, 0.1) is 12.3 Å². The first-order valence-corrected chi connectivity index (χ1v) is 6.99. The van der Waals surface area contributed by atoms with Crippen molar-refractivity contribution in [3.63, 3.8) is 0 Å². The van der Waals surface area contributed by atoms with Crippen molar-refractivity contribution < 1.29 is 0 Å². The van der Waals surface area contributed by atoms with Crippen molar-refractivity contribution in [3.8, 4) is 12.3 Å². The summed E-state index contributed by atoms with van der Waals surface area (Å²) >= 11 is 0. The number of anilines is 3. The number of hydrogen-bond acceptors (Lipinski definition) is 5. The Balaban J connectivity index is 1.92. The maximum Gasteiger partial charge on any atom is 0.144 e. The predicted octanol–water partition coefficient (Wildman–Crippen LogP) is 2.28. The summed E-state index contributed by atoms with van der Waals surface area (Å²) in [6, 6.07) is 7.90. The number of benzene rings is 1. The molecule has 1 aliphatic rings. The highest BCUT2D eigenvalue weighted by Gasteiger charge is 2.23. The molecule has 0 fully saturated rings. The second-order valence-corrected chi connectivity index (χ2v) is 5.21. The molecule has 2 N–H and O–H groups in total. The molecule has 0 radical (unpaired) electrons. The number of nitrogens with two attached hydrogens (primary N) is 1. The van der Waals surface area contributed by atoms with E-state index in [2.05, 4.69) is 31.8 Å². The average molecular weight is 287 g/mol. The fraction of sp³-hybridized carbons (Fsp3) is 0.118. The monoisotopic (exact) mass is 287 g/mol. The number of fused-ring (bicyclic) bond motifs is 2. The molecule has 5 heteroatoms. The van der Waals surface area contributed by atoms with Crippen molar-refractivity contribution in [1.29, 1.82) is 0 Å². The lowest BCUT2D eigenvalue weighted by atomic mass is 10.1. The molecule has 3 aromatic rings. The van der Waals surface area contributed by atoms with Gasteiger partial charge < -0.3 is 10.6 Å². The van der Waals surface area contributed by atoms with Gasteiger partial charge in [0.1, 0.15) is 18.0 Å². The van der Waals surface area contributed by atoms with Crippen LogP contribution >= 0.6 is 0 Å². The van der Waals surface area contributed by atoms with Crippen molar-refractivity contribution in [2.24, 2.45) is 0 Å². The van der Waals surface area contributed by atoms with E-state index in [9.17, 15) is 0 Å². The van der Waals surface area contributed by atoms with Crippen LogP contribution in [0.25, 0.3) is 10.9 Å². The van der Waals surface area contributed by atoms with E-state index in [1.165, 1.54) is 5.56 Å². The highest BCUT2D eigenvalue weighted by atomic mass is 15.2. The van der Waals surface area contributed by atoms with Crippen LogP contribution in [-0.4, -0.2) is 21.5 Å². The third-order valence-corrected chi connectivity index (χ3v) is 3.93. The molecule has 1 aliphatic heterocycles. The lowest BCUT2D eigenvalue weighted by molar-refractivity contribution is 0.974. The summed E-state index contributed by atoms with van der Waals surface area (Å²) in [5.74, 6) is 3.98. The second kappa shape index (κ2) is 4.71. The lowest BCUT2D eigenvalue weighted by Gasteiger charge is -2.20. The molecular weight excluding hydrogens is 274 g/mol. The molecule has 3 heterocycles. The van der Waals surface area contributed by atoms with Gasteiger partial charge in [-0.05, 0) is 30.2 Å². The maximum absolute atomic E-state index is 5.82. The van der Waals surface area contributed by atoms with Crippen LogP contribution in [0.3, 0.4) is 0 Å². The molecule has 0 aliphatic carbocycles. The summed E-state index contributed by atoms with van der Waals surface area (Å²) in [4.78, 5) is 15.0. The van der Waals surface area contributed by atoms with E-state index in [4.69, 9.17) is 12.2 Å². The fourth-order valence-corrected chi connectivity index (χ4v) is 2.87. The van der Waals surface area contributed by atoms with E-state index >= 15 is 0 Å². The third kappa shape index (κ3) is 1.85. The molecule has 22 heavy (non-hydrogen) atoms. The lowest BCUT2D eigenvalue weighted by Crippen LogP contribution is -2.15. The fourth-order valence-electron chi connectivity index (χ4n) is 2.87. The molecular formula is C17H13N5. The number of hydrogen-bond donors (Lipinski definition) is 1. The Morgan fingerprint density at radius 1 is 1.18 bits per heavy atom. The van der Waals surface area contributed by atoms with Gasteiger partial charge in [-0.1, -0.05) is 12.0 Å². The van der Waals surface area contributed by atoms with Gasteiger partial charge in [0.25, 0.3) is 0 Å². The van der Waals surface area contributed by atoms with Crippen molar-refractivity contribution in [3.05, 3.63) is 47.9 Å². The molecule has 4 rings (SSSR count). The summed E-state index contributed by atoms with van der Waals surface area (Å²) < 4.78 is 0. The van der Waals surface area contributed by atoms with Gasteiger partial charge in [-0.15, -0.1) is 6.42 Å². The van der Waals surface area contributed by atoms with Crippen LogP contribution in [0.2, 0.25) is 0 Å². The Bertz CT molecular complexity index is 926. The molecule has 2 aromatic heterocycles. The van der Waals surface area contributed by atoms with Gasteiger partial charge >= 0.3 is 0 Å². The normalized spacial score (nSPS) is 13.1. The minimum absolute atomic E-state index is 0.459. The molecule has 5 nitrogen and oxygen atoms in total. The first-order valence-electron chi connectivity index (χ1n) is 6.99. The van der Waals surface area contributed by atoms with Gasteiger partial charge in [-0.3, -0.25) is 0 Å². The Morgan fingerprint density at radius 2 is 2.09 bits per heavy atom. The van der Waals surface area contributed by atoms with Crippen LogP contribution in [0.1, 0.15) is 11.1 Å². The zero-order valence-electron chi connectivity index (χ0n) is 11.8. The largest absolute Gasteiger partial charge is 0.384 e. The van der Waals surface area contributed by atoms with E-state index in [0.717, 1.165) is 40.9 Å². The molecule has 0 bridgehead atoms. The molecule has 106 valence electrons. The Kier molecular flexibility index (Phi) is 2.70. The van der Waals surface area contributed by atoms with Crippen molar-refractivity contribution in [2.45, 2.75) is 6.42 Å². The predicted molar refractivity (Wildman–Crippen MR) is 86.8 cm³/mol. The van der Waals surface area contributed by atoms with Gasteiger partial charge in [0.2, 0.25) is 0 Å². The highest BCUT2D eigenvalue weighted by Crippen LogP contribution is 2.37. The average Bonchev–Trinajstić information content (AvgIpc) is 2.97. The standard InChI is InChI=1S/C17H13N5/c1-2-11-3-4-12-5-6-22(15(12)7-11)17-13-8-16(18)19-9-14(13)20-10-21-17/h1,3-4,7-10H,5-6H2,(H2,18,19).